The monoisotopic (exact) mass is 1290 g/mol. The van der Waals surface area contributed by atoms with Gasteiger partial charge in [-0.1, -0.05) is 0 Å². The van der Waals surface area contributed by atoms with Crippen molar-refractivity contribution in [2.45, 2.75) is 131 Å². The third-order valence-electron chi connectivity index (χ3n) is 20.7. The van der Waals surface area contributed by atoms with E-state index in [0.717, 1.165) is 37.6 Å². The molecule has 4 heterocycles. The van der Waals surface area contributed by atoms with Crippen molar-refractivity contribution in [1.29, 1.82) is 0 Å². The molecule has 6 nitrogen and oxygen atoms in total. The summed E-state index contributed by atoms with van der Waals surface area (Å²) in [6.07, 6.45) is 0. The summed E-state index contributed by atoms with van der Waals surface area (Å²) in [6.45, 7) is 39.3. The Balaban J connectivity index is 0.000000664. The molecule has 9 aromatic carbocycles. The molecular formula is C80H86Ge2O6. The molecule has 16 rings (SSSR count). The molecule has 450 valence electrons. The van der Waals surface area contributed by atoms with Crippen LogP contribution in [0.3, 0.4) is 0 Å². The van der Waals surface area contributed by atoms with E-state index in [2.05, 4.69) is 253 Å². The van der Waals surface area contributed by atoms with Gasteiger partial charge in [-0.2, -0.15) is 0 Å². The van der Waals surface area contributed by atoms with Gasteiger partial charge in [0.1, 0.15) is 0 Å². The summed E-state index contributed by atoms with van der Waals surface area (Å²) in [6, 6.07) is 66.2. The average molecular weight is 1290 g/mol. The molecule has 3 fully saturated rings. The Kier molecular flexibility index (Phi) is 15.4. The Hall–Kier alpha value is -6.17. The number of rotatable bonds is 8. The first kappa shape index (κ1) is 60.7. The molecule has 3 saturated heterocycles. The van der Waals surface area contributed by atoms with Crippen LogP contribution < -0.4 is 17.6 Å². The van der Waals surface area contributed by atoms with E-state index >= 15 is 0 Å². The molecule has 4 spiro atoms. The second-order valence-electron chi connectivity index (χ2n) is 26.0. The van der Waals surface area contributed by atoms with Gasteiger partial charge in [-0.3, -0.25) is 0 Å². The van der Waals surface area contributed by atoms with Crippen LogP contribution in [-0.4, -0.2) is 53.6 Å². The molecule has 9 aromatic rings. The summed E-state index contributed by atoms with van der Waals surface area (Å²) in [5, 5.41) is 0. The van der Waals surface area contributed by atoms with Crippen LogP contribution in [0.15, 0.2) is 170 Å². The SMILES string of the molecule is CCOCC.CCOCC.Cc1cc(C)[c]([Ge]2([c]3c(C)cc(C)cc3C)[O][C@]34OO[C@@]5([O][Ge]([c]6c(C)cc(C)cc6C)([c]6c(C)cc(C)cc6C)[C]6(c7ccccc7-c7ccccc76)[C@H]5[C@@H]3[C]23c2ccccc2-c2ccccc23)c2ccccc24)c(C)c1. The summed E-state index contributed by atoms with van der Waals surface area (Å²) in [5.41, 5.74) is 27.5. The molecular weight excluding hydrogens is 1200 g/mol. The molecule has 2 bridgehead atoms. The number of benzene rings is 9. The van der Waals surface area contributed by atoms with Gasteiger partial charge < -0.3 is 9.47 Å². The zero-order valence-electron chi connectivity index (χ0n) is 54.6. The van der Waals surface area contributed by atoms with Crippen LogP contribution >= 0.6 is 0 Å². The van der Waals surface area contributed by atoms with Gasteiger partial charge in [0.25, 0.3) is 0 Å². The van der Waals surface area contributed by atoms with Crippen LogP contribution in [0.1, 0.15) is 128 Å². The average Bonchev–Trinajstić information content (AvgIpc) is 1.42. The van der Waals surface area contributed by atoms with Crippen molar-refractivity contribution in [3.05, 3.63) is 270 Å². The number of aryl methyl sites for hydroxylation is 12. The third-order valence-corrected chi connectivity index (χ3v) is 44.0. The van der Waals surface area contributed by atoms with Gasteiger partial charge in [0.05, 0.1) is 0 Å². The maximum absolute atomic E-state index is 9.28. The Morgan fingerprint density at radius 3 is 0.716 bits per heavy atom. The van der Waals surface area contributed by atoms with E-state index in [4.69, 9.17) is 19.2 Å². The van der Waals surface area contributed by atoms with Crippen molar-refractivity contribution in [2.75, 3.05) is 26.4 Å². The van der Waals surface area contributed by atoms with Crippen molar-refractivity contribution in [1.82, 2.24) is 0 Å². The van der Waals surface area contributed by atoms with Crippen LogP contribution in [0, 0.1) is 94.9 Å². The van der Waals surface area contributed by atoms with E-state index in [1.54, 1.807) is 0 Å². The van der Waals surface area contributed by atoms with Crippen LogP contribution in [0.5, 0.6) is 0 Å². The Bertz CT molecular complexity index is 3700. The molecule has 0 amide bonds. The number of ether oxygens (including phenoxy) is 2. The zero-order valence-corrected chi connectivity index (χ0v) is 58.8. The molecule has 8 heteroatoms. The van der Waals surface area contributed by atoms with Gasteiger partial charge in [0.2, 0.25) is 0 Å². The van der Waals surface area contributed by atoms with Gasteiger partial charge in [0, 0.05) is 26.4 Å². The summed E-state index contributed by atoms with van der Waals surface area (Å²) in [5.74, 6) is -3.72. The van der Waals surface area contributed by atoms with Crippen LogP contribution in [-0.2, 0) is 46.8 Å². The molecule has 0 radical (unpaired) electrons. The number of hydrogen-bond acceptors (Lipinski definition) is 6. The Labute approximate surface area is 529 Å². The number of fused-ring (bicyclic) bond motifs is 11. The molecule has 7 aliphatic rings. The molecule has 4 atom stereocenters. The fourth-order valence-corrected chi connectivity index (χ4v) is 47.0. The Morgan fingerprint density at radius 1 is 0.307 bits per heavy atom. The summed E-state index contributed by atoms with van der Waals surface area (Å²) in [7, 11) is 0. The second-order valence-corrected chi connectivity index (χ2v) is 40.1. The predicted octanol–water partition coefficient (Wildman–Crippen LogP) is 15.6. The van der Waals surface area contributed by atoms with E-state index < -0.39 is 59.1 Å². The molecule has 3 aliphatic carbocycles. The quantitative estimate of drug-likeness (QED) is 0.112. The van der Waals surface area contributed by atoms with Gasteiger partial charge in [0.15, 0.2) is 0 Å². The first-order chi connectivity index (χ1) is 42.4. The standard InChI is InChI=1S/C72H66Ge2O4.2C4H10O/c1-41-33-45(5)63(46(6)34-41)73(64-47(7)35-42(2)36-48(64)8)69(57-27-17-13-23-53(57)54-24-14-18-28-58(54)69)67-68-70(59-29-19-15-25-55(59)56-26-16-20-30-60(56)70)74(65-49(9)37-43(3)38-50(65)10,66-51(11)39-44(4)40-52(66)12)76-72(68)62-32-22-21-31-61(62)71(67,75-73)77-78-72;2*1-3-5-4-2/h13-40,67-68H,1-12H3;2*3-4H2,1-2H3/t67-,68-,71-,72+;;/m1../s1. The Morgan fingerprint density at radius 2 is 0.511 bits per heavy atom. The van der Waals surface area contributed by atoms with Crippen molar-refractivity contribution >= 4 is 44.8 Å². The summed E-state index contributed by atoms with van der Waals surface area (Å²) in [4.78, 5) is 15.7. The maximum atomic E-state index is 9.28. The van der Waals surface area contributed by atoms with Crippen molar-refractivity contribution in [3.8, 4) is 22.3 Å². The van der Waals surface area contributed by atoms with E-state index in [1.807, 2.05) is 27.7 Å². The van der Waals surface area contributed by atoms with Gasteiger partial charge in [-0.15, -0.1) is 0 Å². The molecule has 88 heavy (non-hydrogen) atoms. The van der Waals surface area contributed by atoms with Crippen molar-refractivity contribution in [2.24, 2.45) is 11.8 Å². The summed E-state index contributed by atoms with van der Waals surface area (Å²) >= 11 is -9.95. The van der Waals surface area contributed by atoms with E-state index in [0.29, 0.717) is 0 Å². The van der Waals surface area contributed by atoms with Gasteiger partial charge in [-0.05, 0) is 27.7 Å². The zero-order chi connectivity index (χ0) is 62.0. The molecule has 0 unspecified atom stereocenters. The number of hydrogen-bond donors (Lipinski definition) is 0. The van der Waals surface area contributed by atoms with Crippen molar-refractivity contribution in [3.63, 3.8) is 0 Å². The predicted molar refractivity (Wildman–Crippen MR) is 363 cm³/mol. The van der Waals surface area contributed by atoms with Crippen LogP contribution in [0.25, 0.3) is 22.3 Å². The topological polar surface area (TPSA) is 55.4 Å². The molecule has 0 aromatic heterocycles. The fourth-order valence-electron chi connectivity index (χ4n) is 19.1. The van der Waals surface area contributed by atoms with Crippen LogP contribution in [0.4, 0.5) is 0 Å². The minimum atomic E-state index is -4.98. The first-order valence-corrected chi connectivity index (χ1v) is 40.1. The fraction of sp³-hybridized carbons (Fsp3) is 0.325. The second kappa shape index (κ2) is 22.3. The first-order valence-electron chi connectivity index (χ1n) is 32.1. The third kappa shape index (κ3) is 7.95. The van der Waals surface area contributed by atoms with Gasteiger partial charge >= 0.3 is 469 Å². The minimum absolute atomic E-state index is 0.428. The molecule has 4 aliphatic heterocycles. The summed E-state index contributed by atoms with van der Waals surface area (Å²) < 4.78 is 32.0. The van der Waals surface area contributed by atoms with E-state index in [1.165, 1.54) is 129 Å². The van der Waals surface area contributed by atoms with Crippen LogP contribution in [0.2, 0.25) is 0 Å². The van der Waals surface area contributed by atoms with Crippen molar-refractivity contribution < 1.29 is 26.8 Å². The molecule has 0 N–H and O–H groups in total. The molecule has 0 saturated carbocycles. The van der Waals surface area contributed by atoms with E-state index in [9.17, 15) is 7.53 Å². The van der Waals surface area contributed by atoms with Gasteiger partial charge in [-0.25, -0.2) is 0 Å². The normalized spacial score (nSPS) is 21.5. The van der Waals surface area contributed by atoms with E-state index in [-0.39, 0.29) is 0 Å².